The van der Waals surface area contributed by atoms with Gasteiger partial charge in [-0.2, -0.15) is 0 Å². The summed E-state index contributed by atoms with van der Waals surface area (Å²) in [5.41, 5.74) is 0.866. The Kier molecular flexibility index (Phi) is 5.87. The zero-order chi connectivity index (χ0) is 19.2. The summed E-state index contributed by atoms with van der Waals surface area (Å²) in [5.74, 6) is 5.40. The minimum absolute atomic E-state index is 0.282. The standard InChI is InChI=1S/C25H41BrO/c1-4-17-7-6-13-24(2)18(15-17)10-11-19-20-8-5-9-22(23(27)16-26)25(20,3)14-12-21(19)24/h17-22H,4-16H2,1-3H3/t17-,18?,19-,20?,21?,22+,24-,25-/m0/s1. The molecule has 0 spiro atoms. The number of alkyl halides is 1. The van der Waals surface area contributed by atoms with E-state index in [9.17, 15) is 4.79 Å². The first-order valence-electron chi connectivity index (χ1n) is 12.0. The molecule has 4 aliphatic carbocycles. The van der Waals surface area contributed by atoms with Gasteiger partial charge in [0.25, 0.3) is 0 Å². The minimum atomic E-state index is 0.282. The lowest BCUT2D eigenvalue weighted by Gasteiger charge is -2.62. The third-order valence-electron chi connectivity index (χ3n) is 10.4. The van der Waals surface area contributed by atoms with Crippen LogP contribution in [0.3, 0.4) is 0 Å². The lowest BCUT2D eigenvalue weighted by Crippen LogP contribution is -2.56. The fourth-order valence-corrected chi connectivity index (χ4v) is 9.18. The summed E-state index contributed by atoms with van der Waals surface area (Å²) >= 11 is 3.49. The Morgan fingerprint density at radius 3 is 2.44 bits per heavy atom. The van der Waals surface area contributed by atoms with E-state index in [0.29, 0.717) is 22.4 Å². The molecule has 2 heteroatoms. The highest BCUT2D eigenvalue weighted by Crippen LogP contribution is 2.66. The number of fused-ring (bicyclic) bond motifs is 5. The second-order valence-electron chi connectivity index (χ2n) is 11.2. The number of ketones is 1. The summed E-state index contributed by atoms with van der Waals surface area (Å²) in [6.45, 7) is 7.61. The molecule has 4 saturated carbocycles. The molecule has 4 rings (SSSR count). The van der Waals surface area contributed by atoms with Crippen LogP contribution in [-0.2, 0) is 4.79 Å². The Morgan fingerprint density at radius 1 is 0.926 bits per heavy atom. The topological polar surface area (TPSA) is 17.1 Å². The first-order valence-corrected chi connectivity index (χ1v) is 13.1. The van der Waals surface area contributed by atoms with Crippen LogP contribution in [-0.4, -0.2) is 11.1 Å². The van der Waals surface area contributed by atoms with Crippen molar-refractivity contribution in [2.24, 2.45) is 46.3 Å². The van der Waals surface area contributed by atoms with Crippen LogP contribution in [0.15, 0.2) is 0 Å². The molecule has 0 aromatic carbocycles. The number of hydrogen-bond acceptors (Lipinski definition) is 1. The van der Waals surface area contributed by atoms with Crippen LogP contribution in [0, 0.1) is 46.3 Å². The van der Waals surface area contributed by atoms with Crippen molar-refractivity contribution < 1.29 is 4.79 Å². The van der Waals surface area contributed by atoms with Crippen molar-refractivity contribution in [1.29, 1.82) is 0 Å². The summed E-state index contributed by atoms with van der Waals surface area (Å²) in [7, 11) is 0. The Hall–Kier alpha value is 0.150. The maximum Gasteiger partial charge on any atom is 0.147 e. The van der Waals surface area contributed by atoms with E-state index in [-0.39, 0.29) is 5.41 Å². The van der Waals surface area contributed by atoms with Crippen LogP contribution < -0.4 is 0 Å². The van der Waals surface area contributed by atoms with Crippen LogP contribution in [0.1, 0.15) is 97.8 Å². The Morgan fingerprint density at radius 2 is 1.70 bits per heavy atom. The van der Waals surface area contributed by atoms with Gasteiger partial charge in [-0.25, -0.2) is 0 Å². The molecule has 27 heavy (non-hydrogen) atoms. The predicted octanol–water partition coefficient (Wildman–Crippen LogP) is 7.42. The zero-order valence-corrected chi connectivity index (χ0v) is 19.5. The number of halogens is 1. The highest BCUT2D eigenvalue weighted by atomic mass is 79.9. The molecule has 0 bridgehead atoms. The second-order valence-corrected chi connectivity index (χ2v) is 11.7. The monoisotopic (exact) mass is 436 g/mol. The van der Waals surface area contributed by atoms with E-state index < -0.39 is 0 Å². The normalized spacial score (nSPS) is 50.1. The van der Waals surface area contributed by atoms with Crippen molar-refractivity contribution in [2.75, 3.05) is 5.33 Å². The minimum Gasteiger partial charge on any atom is -0.298 e. The van der Waals surface area contributed by atoms with E-state index in [1.54, 1.807) is 0 Å². The first kappa shape index (κ1) is 20.4. The van der Waals surface area contributed by atoms with E-state index in [1.807, 2.05) is 0 Å². The molecular weight excluding hydrogens is 396 g/mol. The molecule has 0 aliphatic heterocycles. The van der Waals surface area contributed by atoms with Gasteiger partial charge in [0, 0.05) is 5.92 Å². The fraction of sp³-hybridized carbons (Fsp3) is 0.960. The lowest BCUT2D eigenvalue weighted by atomic mass is 9.42. The predicted molar refractivity (Wildman–Crippen MR) is 117 cm³/mol. The largest absolute Gasteiger partial charge is 0.298 e. The quantitative estimate of drug-likeness (QED) is 0.420. The molecule has 0 heterocycles. The van der Waals surface area contributed by atoms with Crippen molar-refractivity contribution in [3.05, 3.63) is 0 Å². The van der Waals surface area contributed by atoms with E-state index in [2.05, 4.69) is 36.7 Å². The molecule has 0 radical (unpaired) electrons. The van der Waals surface area contributed by atoms with E-state index in [1.165, 1.54) is 70.6 Å². The van der Waals surface area contributed by atoms with E-state index >= 15 is 0 Å². The van der Waals surface area contributed by atoms with Crippen molar-refractivity contribution in [2.45, 2.75) is 97.8 Å². The molecule has 4 fully saturated rings. The van der Waals surface area contributed by atoms with Crippen molar-refractivity contribution in [3.63, 3.8) is 0 Å². The number of carbonyl (C=O) groups excluding carboxylic acids is 1. The maximum absolute atomic E-state index is 12.7. The third kappa shape index (κ3) is 3.28. The van der Waals surface area contributed by atoms with Gasteiger partial charge < -0.3 is 0 Å². The zero-order valence-electron chi connectivity index (χ0n) is 17.9. The number of carbonyl (C=O) groups is 1. The van der Waals surface area contributed by atoms with E-state index in [0.717, 1.165) is 36.0 Å². The van der Waals surface area contributed by atoms with Crippen LogP contribution in [0.25, 0.3) is 0 Å². The van der Waals surface area contributed by atoms with Crippen LogP contribution in [0.2, 0.25) is 0 Å². The van der Waals surface area contributed by atoms with Gasteiger partial charge >= 0.3 is 0 Å². The first-order chi connectivity index (χ1) is 12.9. The van der Waals surface area contributed by atoms with Crippen LogP contribution in [0.5, 0.6) is 0 Å². The molecule has 0 aromatic heterocycles. The molecule has 154 valence electrons. The van der Waals surface area contributed by atoms with Crippen LogP contribution >= 0.6 is 15.9 Å². The highest BCUT2D eigenvalue weighted by Gasteiger charge is 2.59. The summed E-state index contributed by atoms with van der Waals surface area (Å²) in [6, 6.07) is 0. The number of hydrogen-bond donors (Lipinski definition) is 0. The van der Waals surface area contributed by atoms with E-state index in [4.69, 9.17) is 0 Å². The lowest BCUT2D eigenvalue weighted by molar-refractivity contribution is -0.149. The maximum atomic E-state index is 12.7. The van der Waals surface area contributed by atoms with Gasteiger partial charge in [0.1, 0.15) is 5.78 Å². The van der Waals surface area contributed by atoms with Gasteiger partial charge in [-0.3, -0.25) is 4.79 Å². The van der Waals surface area contributed by atoms with Crippen molar-refractivity contribution in [1.82, 2.24) is 0 Å². The van der Waals surface area contributed by atoms with Gasteiger partial charge in [0.15, 0.2) is 0 Å². The van der Waals surface area contributed by atoms with Gasteiger partial charge in [0.2, 0.25) is 0 Å². The summed E-state index contributed by atoms with van der Waals surface area (Å²) in [4.78, 5) is 12.7. The number of rotatable bonds is 3. The van der Waals surface area contributed by atoms with Gasteiger partial charge in [-0.15, -0.1) is 0 Å². The van der Waals surface area contributed by atoms with Gasteiger partial charge in [-0.05, 0) is 91.8 Å². The molecule has 3 unspecified atom stereocenters. The second kappa shape index (κ2) is 7.77. The molecule has 4 aliphatic rings. The summed E-state index contributed by atoms with van der Waals surface area (Å²) < 4.78 is 0. The Bertz CT molecular complexity index is 559. The molecule has 1 nitrogen and oxygen atoms in total. The summed E-state index contributed by atoms with van der Waals surface area (Å²) in [5, 5.41) is 0.562. The summed E-state index contributed by atoms with van der Waals surface area (Å²) in [6.07, 6.45) is 16.7. The van der Waals surface area contributed by atoms with Crippen molar-refractivity contribution >= 4 is 21.7 Å². The van der Waals surface area contributed by atoms with Crippen LogP contribution in [0.4, 0.5) is 0 Å². The van der Waals surface area contributed by atoms with Crippen molar-refractivity contribution in [3.8, 4) is 0 Å². The Balaban J connectivity index is 1.60. The fourth-order valence-electron chi connectivity index (χ4n) is 8.79. The van der Waals surface area contributed by atoms with Gasteiger partial charge in [0.05, 0.1) is 5.33 Å². The third-order valence-corrected chi connectivity index (χ3v) is 10.9. The smallest absolute Gasteiger partial charge is 0.147 e. The SMILES string of the molecule is CC[C@H]1CCC[C@@]2(C)C(CC[C@@H]3C2CC[C@@]2(C)C3CCC[C@@H]2C(=O)CBr)C1. The average Bonchev–Trinajstić information content (AvgIpc) is 2.84. The molecule has 8 atom stereocenters. The molecular formula is C25H41BrO. The van der Waals surface area contributed by atoms with Gasteiger partial charge in [-0.1, -0.05) is 62.4 Å². The molecule has 0 saturated heterocycles. The molecule has 0 amide bonds. The molecule has 0 aromatic rings. The molecule has 0 N–H and O–H groups in total. The average molecular weight is 438 g/mol. The number of Topliss-reactive ketones (excluding diaryl/α,β-unsaturated/α-hetero) is 1. The highest BCUT2D eigenvalue weighted by molar-refractivity contribution is 9.09. The Labute approximate surface area is 176 Å².